The minimum Gasteiger partial charge on any atom is -0.378 e. The predicted octanol–water partition coefficient (Wildman–Crippen LogP) is 2.45. The Labute approximate surface area is 132 Å². The first-order chi connectivity index (χ1) is 10.5. The summed E-state index contributed by atoms with van der Waals surface area (Å²) in [6.07, 6.45) is 2.29. The van der Waals surface area contributed by atoms with E-state index in [4.69, 9.17) is 9.26 Å². The molecule has 0 unspecified atom stereocenters. The number of anilines is 1. The third-order valence-electron chi connectivity index (χ3n) is 3.95. The molecule has 124 valence electrons. The van der Waals surface area contributed by atoms with E-state index in [1.165, 1.54) is 0 Å². The van der Waals surface area contributed by atoms with Gasteiger partial charge in [0.25, 0.3) is 0 Å². The summed E-state index contributed by atoms with van der Waals surface area (Å²) in [6.45, 7) is 10.6. The maximum atomic E-state index is 12.3. The van der Waals surface area contributed by atoms with E-state index in [1.807, 2.05) is 6.92 Å². The molecule has 1 fully saturated rings. The lowest BCUT2D eigenvalue weighted by atomic mass is 10.1. The third kappa shape index (κ3) is 4.81. The Morgan fingerprint density at radius 1 is 1.45 bits per heavy atom. The summed E-state index contributed by atoms with van der Waals surface area (Å²) in [7, 11) is 0. The fraction of sp³-hybridized carbons (Fsp3) is 0.750. The van der Waals surface area contributed by atoms with Crippen LogP contribution in [-0.4, -0.2) is 47.8 Å². The van der Waals surface area contributed by atoms with E-state index in [9.17, 15) is 4.79 Å². The highest BCUT2D eigenvalue weighted by molar-refractivity contribution is 5.93. The molecule has 0 aromatic carbocycles. The lowest BCUT2D eigenvalue weighted by Gasteiger charge is -2.35. The van der Waals surface area contributed by atoms with Crippen molar-refractivity contribution in [2.24, 2.45) is 5.92 Å². The normalized spacial score (nSPS) is 18.6. The van der Waals surface area contributed by atoms with Crippen molar-refractivity contribution in [3.8, 4) is 0 Å². The maximum Gasteiger partial charge on any atom is 0.242 e. The first-order valence-corrected chi connectivity index (χ1v) is 8.05. The van der Waals surface area contributed by atoms with Gasteiger partial charge in [0.05, 0.1) is 12.1 Å². The Balaban J connectivity index is 1.76. The second-order valence-corrected chi connectivity index (χ2v) is 6.45. The van der Waals surface area contributed by atoms with Gasteiger partial charge in [0.2, 0.25) is 5.91 Å². The zero-order valence-electron chi connectivity index (χ0n) is 14.0. The van der Waals surface area contributed by atoms with Gasteiger partial charge < -0.3 is 14.6 Å². The zero-order valence-corrected chi connectivity index (χ0v) is 14.0. The van der Waals surface area contributed by atoms with Gasteiger partial charge in [0, 0.05) is 25.8 Å². The van der Waals surface area contributed by atoms with Crippen molar-refractivity contribution < 1.29 is 14.1 Å². The predicted molar refractivity (Wildman–Crippen MR) is 84.7 cm³/mol. The number of hydrogen-bond acceptors (Lipinski definition) is 5. The molecule has 1 aromatic rings. The molecule has 6 nitrogen and oxygen atoms in total. The highest BCUT2D eigenvalue weighted by Gasteiger charge is 2.27. The van der Waals surface area contributed by atoms with Gasteiger partial charge in [0.15, 0.2) is 5.82 Å². The van der Waals surface area contributed by atoms with Gasteiger partial charge in [-0.3, -0.25) is 9.69 Å². The van der Waals surface area contributed by atoms with Crippen LogP contribution in [-0.2, 0) is 9.53 Å². The number of aryl methyl sites for hydroxylation is 1. The molecule has 22 heavy (non-hydrogen) atoms. The average Bonchev–Trinajstić information content (AvgIpc) is 2.90. The van der Waals surface area contributed by atoms with Gasteiger partial charge >= 0.3 is 0 Å². The molecule has 0 spiro atoms. The molecular formula is C16H27N3O3. The number of amides is 1. The lowest BCUT2D eigenvalue weighted by Crippen LogP contribution is -2.47. The van der Waals surface area contributed by atoms with E-state index < -0.39 is 0 Å². The standard InChI is InChI=1S/C16H27N3O3/c1-11(2)10-21-14-5-7-19(8-6-14)13(4)16(20)17-15-9-12(3)22-18-15/h9,11,13-14H,5-8,10H2,1-4H3,(H,17,18,20)/t13-/m0/s1. The SMILES string of the molecule is Cc1cc(NC(=O)[C@H](C)N2CCC(OCC(C)C)CC2)no1. The van der Waals surface area contributed by atoms with Crippen LogP contribution in [0.15, 0.2) is 10.6 Å². The molecule has 1 atom stereocenters. The molecule has 1 amide bonds. The topological polar surface area (TPSA) is 67.6 Å². The summed E-state index contributed by atoms with van der Waals surface area (Å²) < 4.78 is 10.8. The molecule has 2 heterocycles. The first kappa shape index (κ1) is 17.0. The lowest BCUT2D eigenvalue weighted by molar-refractivity contribution is -0.122. The number of hydrogen-bond donors (Lipinski definition) is 1. The molecule has 1 aliphatic heterocycles. The average molecular weight is 309 g/mol. The van der Waals surface area contributed by atoms with Gasteiger partial charge in [-0.05, 0) is 32.6 Å². The molecule has 2 rings (SSSR count). The van der Waals surface area contributed by atoms with E-state index in [1.54, 1.807) is 13.0 Å². The summed E-state index contributed by atoms with van der Waals surface area (Å²) in [5.74, 6) is 1.68. The summed E-state index contributed by atoms with van der Waals surface area (Å²) in [5, 5.41) is 6.59. The fourth-order valence-corrected chi connectivity index (χ4v) is 2.58. The van der Waals surface area contributed by atoms with Crippen LogP contribution >= 0.6 is 0 Å². The molecular weight excluding hydrogens is 282 g/mol. The molecule has 0 aliphatic carbocycles. The summed E-state index contributed by atoms with van der Waals surface area (Å²) in [4.78, 5) is 14.4. The van der Waals surface area contributed by atoms with Crippen LogP contribution in [0.5, 0.6) is 0 Å². The maximum absolute atomic E-state index is 12.3. The quantitative estimate of drug-likeness (QED) is 0.874. The molecule has 0 bridgehead atoms. The Bertz CT molecular complexity index is 479. The highest BCUT2D eigenvalue weighted by Crippen LogP contribution is 2.18. The Morgan fingerprint density at radius 2 is 2.14 bits per heavy atom. The number of ether oxygens (including phenoxy) is 1. The molecule has 6 heteroatoms. The molecule has 1 aromatic heterocycles. The number of nitrogens with one attached hydrogen (secondary N) is 1. The molecule has 0 saturated carbocycles. The van der Waals surface area contributed by atoms with E-state index in [-0.39, 0.29) is 11.9 Å². The van der Waals surface area contributed by atoms with Gasteiger partial charge in [-0.15, -0.1) is 0 Å². The van der Waals surface area contributed by atoms with Crippen LogP contribution in [0.2, 0.25) is 0 Å². The largest absolute Gasteiger partial charge is 0.378 e. The van der Waals surface area contributed by atoms with Gasteiger partial charge in [-0.2, -0.15) is 0 Å². The van der Waals surface area contributed by atoms with Crippen molar-refractivity contribution >= 4 is 11.7 Å². The molecule has 1 N–H and O–H groups in total. The number of aromatic nitrogens is 1. The van der Waals surface area contributed by atoms with E-state index in [0.29, 0.717) is 23.6 Å². The minimum absolute atomic E-state index is 0.0464. The highest BCUT2D eigenvalue weighted by atomic mass is 16.5. The van der Waals surface area contributed by atoms with E-state index in [2.05, 4.69) is 29.2 Å². The van der Waals surface area contributed by atoms with Crippen molar-refractivity contribution in [1.29, 1.82) is 0 Å². The zero-order chi connectivity index (χ0) is 16.1. The van der Waals surface area contributed by atoms with Gasteiger partial charge in [0.1, 0.15) is 5.76 Å². The number of carbonyl (C=O) groups is 1. The summed E-state index contributed by atoms with van der Waals surface area (Å²) in [5.41, 5.74) is 0. The second-order valence-electron chi connectivity index (χ2n) is 6.45. The van der Waals surface area contributed by atoms with E-state index >= 15 is 0 Å². The Morgan fingerprint density at radius 3 is 2.68 bits per heavy atom. The van der Waals surface area contributed by atoms with Crippen LogP contribution in [0, 0.1) is 12.8 Å². The number of likely N-dealkylation sites (tertiary alicyclic amines) is 1. The van der Waals surface area contributed by atoms with Crippen molar-refractivity contribution in [2.75, 3.05) is 25.0 Å². The first-order valence-electron chi connectivity index (χ1n) is 8.05. The van der Waals surface area contributed by atoms with E-state index in [0.717, 1.165) is 32.5 Å². The van der Waals surface area contributed by atoms with Crippen LogP contribution in [0.25, 0.3) is 0 Å². The number of piperidine rings is 1. The minimum atomic E-state index is -0.178. The fourth-order valence-electron chi connectivity index (χ4n) is 2.58. The van der Waals surface area contributed by atoms with Crippen LogP contribution < -0.4 is 5.32 Å². The Kier molecular flexibility index (Phi) is 5.97. The van der Waals surface area contributed by atoms with Crippen LogP contribution in [0.4, 0.5) is 5.82 Å². The van der Waals surface area contributed by atoms with Crippen molar-refractivity contribution in [1.82, 2.24) is 10.1 Å². The Hall–Kier alpha value is -1.40. The van der Waals surface area contributed by atoms with Gasteiger partial charge in [-0.25, -0.2) is 0 Å². The molecule has 0 radical (unpaired) electrons. The number of carbonyl (C=O) groups excluding carboxylic acids is 1. The van der Waals surface area contributed by atoms with Crippen molar-refractivity contribution in [3.05, 3.63) is 11.8 Å². The van der Waals surface area contributed by atoms with Gasteiger partial charge in [-0.1, -0.05) is 19.0 Å². The number of nitrogens with zero attached hydrogens (tertiary/aromatic N) is 2. The monoisotopic (exact) mass is 309 g/mol. The summed E-state index contributed by atoms with van der Waals surface area (Å²) in [6, 6.07) is 1.54. The second kappa shape index (κ2) is 7.74. The van der Waals surface area contributed by atoms with Crippen molar-refractivity contribution in [2.45, 2.75) is 52.7 Å². The summed E-state index contributed by atoms with van der Waals surface area (Å²) >= 11 is 0. The molecule has 1 saturated heterocycles. The van der Waals surface area contributed by atoms with Crippen LogP contribution in [0.3, 0.4) is 0 Å². The van der Waals surface area contributed by atoms with Crippen LogP contribution in [0.1, 0.15) is 39.4 Å². The number of rotatable bonds is 6. The smallest absolute Gasteiger partial charge is 0.242 e. The van der Waals surface area contributed by atoms with Crippen molar-refractivity contribution in [3.63, 3.8) is 0 Å². The molecule has 1 aliphatic rings. The third-order valence-corrected chi connectivity index (χ3v) is 3.95.